The van der Waals surface area contributed by atoms with E-state index in [1.807, 2.05) is 30.7 Å². The summed E-state index contributed by atoms with van der Waals surface area (Å²) in [5.41, 5.74) is 0. The minimum absolute atomic E-state index is 0.0705. The molecule has 1 saturated heterocycles. The highest BCUT2D eigenvalue weighted by atomic mass is 32.2. The summed E-state index contributed by atoms with van der Waals surface area (Å²) in [7, 11) is -1.13. The molecule has 0 saturated carbocycles. The molecule has 0 spiro atoms. The van der Waals surface area contributed by atoms with E-state index in [0.29, 0.717) is 23.2 Å². The van der Waals surface area contributed by atoms with Crippen LogP contribution in [0.15, 0.2) is 17.3 Å². The topological polar surface area (TPSA) is 81.9 Å². The molecule has 0 aliphatic carbocycles. The van der Waals surface area contributed by atoms with E-state index < -0.39 is 9.84 Å². The number of ketones is 1. The molecule has 1 fully saturated rings. The van der Waals surface area contributed by atoms with Gasteiger partial charge in [-0.1, -0.05) is 11.8 Å². The first-order valence-corrected chi connectivity index (χ1v) is 10.8. The van der Waals surface area contributed by atoms with E-state index in [-0.39, 0.29) is 23.2 Å². The number of rotatable bonds is 5. The minimum atomic E-state index is -2.95. The Kier molecular flexibility index (Phi) is 4.61. The van der Waals surface area contributed by atoms with Crippen molar-refractivity contribution in [2.24, 2.45) is 7.05 Å². The summed E-state index contributed by atoms with van der Waals surface area (Å²) >= 11 is 2.82. The van der Waals surface area contributed by atoms with Crippen LogP contribution in [0.4, 0.5) is 0 Å². The van der Waals surface area contributed by atoms with E-state index in [9.17, 15) is 13.2 Å². The number of nitrogens with zero attached hydrogens (tertiary/aromatic N) is 3. The Hall–Kier alpha value is -1.19. The summed E-state index contributed by atoms with van der Waals surface area (Å²) in [6, 6.07) is 3.78. The first kappa shape index (κ1) is 16.7. The predicted octanol–water partition coefficient (Wildman–Crippen LogP) is 2.06. The monoisotopic (exact) mass is 371 g/mol. The van der Waals surface area contributed by atoms with Crippen molar-refractivity contribution in [1.29, 1.82) is 0 Å². The van der Waals surface area contributed by atoms with Crippen LogP contribution < -0.4 is 0 Å². The summed E-state index contributed by atoms with van der Waals surface area (Å²) in [6.07, 6.45) is 0.590. The van der Waals surface area contributed by atoms with Gasteiger partial charge in [0.05, 0.1) is 22.1 Å². The van der Waals surface area contributed by atoms with Crippen molar-refractivity contribution in [3.63, 3.8) is 0 Å². The molecule has 9 heteroatoms. The number of thioether (sulfide) groups is 1. The third kappa shape index (κ3) is 3.67. The molecule has 23 heavy (non-hydrogen) atoms. The first-order chi connectivity index (χ1) is 10.9. The second kappa shape index (κ2) is 6.37. The summed E-state index contributed by atoms with van der Waals surface area (Å²) in [5, 5.41) is 8.89. The molecule has 0 unspecified atom stereocenters. The van der Waals surface area contributed by atoms with Crippen LogP contribution >= 0.6 is 23.1 Å². The molecular formula is C14H17N3O3S3. The Morgan fingerprint density at radius 2 is 2.22 bits per heavy atom. The number of hydrogen-bond acceptors (Lipinski definition) is 7. The molecular weight excluding hydrogens is 354 g/mol. The maximum atomic E-state index is 12.1. The number of Topliss-reactive ketones (excluding diaryl/α,β-unsaturated/α-hetero) is 1. The van der Waals surface area contributed by atoms with Crippen molar-refractivity contribution in [2.45, 2.75) is 24.4 Å². The molecule has 1 aliphatic heterocycles. The zero-order valence-corrected chi connectivity index (χ0v) is 15.3. The molecule has 3 heterocycles. The largest absolute Gasteiger partial charge is 0.309 e. The van der Waals surface area contributed by atoms with Crippen LogP contribution in [0.2, 0.25) is 0 Å². The maximum Gasteiger partial charge on any atom is 0.191 e. The molecule has 0 amide bonds. The number of aromatic nitrogens is 3. The van der Waals surface area contributed by atoms with Crippen molar-refractivity contribution >= 4 is 38.7 Å². The van der Waals surface area contributed by atoms with E-state index >= 15 is 0 Å². The SMILES string of the molecule is Cc1ccc(C(=O)CSc2nnc([C@H]3CCS(=O)(=O)C3)n2C)s1. The smallest absolute Gasteiger partial charge is 0.191 e. The number of aryl methyl sites for hydroxylation is 1. The molecule has 0 aromatic carbocycles. The van der Waals surface area contributed by atoms with Gasteiger partial charge in [0.15, 0.2) is 20.8 Å². The Bertz CT molecular complexity index is 839. The van der Waals surface area contributed by atoms with Gasteiger partial charge < -0.3 is 4.57 Å². The Balaban J connectivity index is 1.67. The lowest BCUT2D eigenvalue weighted by molar-refractivity contribution is 0.102. The van der Waals surface area contributed by atoms with Gasteiger partial charge in [-0.2, -0.15) is 0 Å². The normalized spacial score (nSPS) is 20.0. The van der Waals surface area contributed by atoms with Crippen LogP contribution in [-0.4, -0.2) is 46.2 Å². The standard InChI is InChI=1S/C14H17N3O3S3/c1-9-3-4-12(22-9)11(18)7-21-14-16-15-13(17(14)2)10-5-6-23(19,20)8-10/h3-4,10H,5-8H2,1-2H3/t10-/m0/s1. The zero-order chi connectivity index (χ0) is 16.6. The summed E-state index contributed by atoms with van der Waals surface area (Å²) in [6.45, 7) is 1.97. The van der Waals surface area contributed by atoms with E-state index in [1.54, 1.807) is 0 Å². The van der Waals surface area contributed by atoms with Crippen molar-refractivity contribution in [2.75, 3.05) is 17.3 Å². The van der Waals surface area contributed by atoms with Crippen LogP contribution in [-0.2, 0) is 16.9 Å². The molecule has 3 rings (SSSR count). The average molecular weight is 372 g/mol. The fraction of sp³-hybridized carbons (Fsp3) is 0.500. The van der Waals surface area contributed by atoms with Crippen LogP contribution in [0, 0.1) is 6.92 Å². The van der Waals surface area contributed by atoms with Crippen LogP contribution in [0.5, 0.6) is 0 Å². The van der Waals surface area contributed by atoms with E-state index in [1.165, 1.54) is 23.1 Å². The van der Waals surface area contributed by atoms with Gasteiger partial charge in [-0.05, 0) is 25.5 Å². The van der Waals surface area contributed by atoms with Gasteiger partial charge in [0.2, 0.25) is 0 Å². The quantitative estimate of drug-likeness (QED) is 0.591. The fourth-order valence-electron chi connectivity index (χ4n) is 2.59. The second-order valence-corrected chi connectivity index (χ2v) is 10.1. The van der Waals surface area contributed by atoms with Crippen LogP contribution in [0.25, 0.3) is 0 Å². The number of sulfone groups is 1. The number of carbonyl (C=O) groups excluding carboxylic acids is 1. The van der Waals surface area contributed by atoms with Gasteiger partial charge in [-0.25, -0.2) is 8.42 Å². The van der Waals surface area contributed by atoms with Crippen molar-refractivity contribution in [3.8, 4) is 0 Å². The van der Waals surface area contributed by atoms with Gasteiger partial charge in [0.25, 0.3) is 0 Å². The molecule has 2 aromatic heterocycles. The van der Waals surface area contributed by atoms with Gasteiger partial charge >= 0.3 is 0 Å². The van der Waals surface area contributed by atoms with Crippen molar-refractivity contribution in [3.05, 3.63) is 27.7 Å². The molecule has 1 atom stereocenters. The third-order valence-electron chi connectivity index (χ3n) is 3.81. The zero-order valence-electron chi connectivity index (χ0n) is 12.9. The Morgan fingerprint density at radius 3 is 2.83 bits per heavy atom. The summed E-state index contributed by atoms with van der Waals surface area (Å²) < 4.78 is 25.0. The molecule has 1 aliphatic rings. The highest BCUT2D eigenvalue weighted by Crippen LogP contribution is 2.29. The second-order valence-electron chi connectivity index (χ2n) is 5.62. The van der Waals surface area contributed by atoms with Gasteiger partial charge in [0, 0.05) is 17.8 Å². The Labute approximate surface area is 143 Å². The van der Waals surface area contributed by atoms with Gasteiger partial charge in [-0.15, -0.1) is 21.5 Å². The van der Waals surface area contributed by atoms with E-state index in [4.69, 9.17) is 0 Å². The van der Waals surface area contributed by atoms with Crippen LogP contribution in [0.1, 0.15) is 32.7 Å². The lowest BCUT2D eigenvalue weighted by Gasteiger charge is -2.07. The summed E-state index contributed by atoms with van der Waals surface area (Å²) in [5.74, 6) is 1.31. The molecule has 0 bridgehead atoms. The number of hydrogen-bond donors (Lipinski definition) is 0. The van der Waals surface area contributed by atoms with Gasteiger partial charge in [-0.3, -0.25) is 4.79 Å². The molecule has 6 nitrogen and oxygen atoms in total. The lowest BCUT2D eigenvalue weighted by Crippen LogP contribution is -2.09. The first-order valence-electron chi connectivity index (χ1n) is 7.18. The van der Waals surface area contributed by atoms with E-state index in [2.05, 4.69) is 10.2 Å². The maximum absolute atomic E-state index is 12.1. The molecule has 124 valence electrons. The third-order valence-corrected chi connectivity index (χ3v) is 7.64. The Morgan fingerprint density at radius 1 is 1.43 bits per heavy atom. The highest BCUT2D eigenvalue weighted by molar-refractivity contribution is 7.99. The van der Waals surface area contributed by atoms with Crippen LogP contribution in [0.3, 0.4) is 0 Å². The molecule has 0 radical (unpaired) electrons. The van der Waals surface area contributed by atoms with Gasteiger partial charge in [0.1, 0.15) is 5.82 Å². The lowest BCUT2D eigenvalue weighted by atomic mass is 10.1. The number of carbonyl (C=O) groups is 1. The fourth-order valence-corrected chi connectivity index (χ4v) is 6.03. The van der Waals surface area contributed by atoms with E-state index in [0.717, 1.165) is 9.75 Å². The average Bonchev–Trinajstić information content (AvgIpc) is 3.16. The predicted molar refractivity (Wildman–Crippen MR) is 91.1 cm³/mol. The molecule has 2 aromatic rings. The van der Waals surface area contributed by atoms with Crippen molar-refractivity contribution in [1.82, 2.24) is 14.8 Å². The molecule has 0 N–H and O–H groups in total. The minimum Gasteiger partial charge on any atom is -0.309 e. The van der Waals surface area contributed by atoms with Crippen molar-refractivity contribution < 1.29 is 13.2 Å². The summed E-state index contributed by atoms with van der Waals surface area (Å²) in [4.78, 5) is 14.0. The number of thiophene rings is 1. The highest BCUT2D eigenvalue weighted by Gasteiger charge is 2.32.